The van der Waals surface area contributed by atoms with Crippen molar-refractivity contribution in [1.82, 2.24) is 4.98 Å². The van der Waals surface area contributed by atoms with Crippen molar-refractivity contribution < 1.29 is 9.53 Å². The summed E-state index contributed by atoms with van der Waals surface area (Å²) in [6.45, 7) is 0. The largest absolute Gasteiger partial charge is 0.469 e. The number of methoxy groups -OCH3 is 1. The van der Waals surface area contributed by atoms with Crippen molar-refractivity contribution in [3.8, 4) is 0 Å². The van der Waals surface area contributed by atoms with E-state index in [2.05, 4.69) is 9.72 Å². The number of ether oxygens (including phenoxy) is 1. The van der Waals surface area contributed by atoms with Crippen LogP contribution in [-0.4, -0.2) is 24.1 Å². The Morgan fingerprint density at radius 2 is 2.53 bits per heavy atom. The molecule has 4 nitrogen and oxygen atoms in total. The van der Waals surface area contributed by atoms with E-state index in [1.807, 2.05) is 0 Å². The van der Waals surface area contributed by atoms with Crippen molar-refractivity contribution in [3.05, 3.63) is 15.5 Å². The number of carbonyl (C=O) groups is 1. The number of hydrogen-bond acceptors (Lipinski definition) is 5. The first-order valence-electron chi connectivity index (χ1n) is 4.54. The molecule has 1 rings (SSSR count). The van der Waals surface area contributed by atoms with Gasteiger partial charge in [-0.3, -0.25) is 4.79 Å². The topological polar surface area (TPSA) is 65.2 Å². The van der Waals surface area contributed by atoms with Crippen LogP contribution in [0.2, 0.25) is 4.34 Å². The third-order valence-electron chi connectivity index (χ3n) is 1.91. The third-order valence-corrected chi connectivity index (χ3v) is 3.05. The van der Waals surface area contributed by atoms with Crippen LogP contribution in [0.4, 0.5) is 0 Å². The second-order valence-corrected chi connectivity index (χ2v) is 4.88. The highest BCUT2D eigenvalue weighted by atomic mass is 35.5. The maximum Gasteiger partial charge on any atom is 0.305 e. The molecule has 1 aromatic rings. The molecule has 0 bridgehead atoms. The van der Waals surface area contributed by atoms with Gasteiger partial charge in [-0.25, -0.2) is 4.98 Å². The van der Waals surface area contributed by atoms with Gasteiger partial charge in [-0.1, -0.05) is 11.6 Å². The quantitative estimate of drug-likeness (QED) is 0.805. The van der Waals surface area contributed by atoms with Crippen LogP contribution < -0.4 is 5.73 Å². The summed E-state index contributed by atoms with van der Waals surface area (Å²) >= 11 is 7.15. The maximum absolute atomic E-state index is 10.9. The van der Waals surface area contributed by atoms with Gasteiger partial charge in [0.2, 0.25) is 0 Å². The van der Waals surface area contributed by atoms with E-state index in [4.69, 9.17) is 17.3 Å². The minimum atomic E-state index is -0.234. The molecule has 15 heavy (non-hydrogen) atoms. The van der Waals surface area contributed by atoms with E-state index < -0.39 is 0 Å². The molecule has 1 heterocycles. The molecule has 0 fully saturated rings. The highest BCUT2D eigenvalue weighted by Crippen LogP contribution is 2.19. The zero-order valence-corrected chi connectivity index (χ0v) is 9.98. The summed E-state index contributed by atoms with van der Waals surface area (Å²) in [4.78, 5) is 15.0. The predicted octanol–water partition coefficient (Wildman–Crippen LogP) is 1.62. The fourth-order valence-corrected chi connectivity index (χ4v) is 2.16. The molecule has 84 valence electrons. The van der Waals surface area contributed by atoms with Crippen molar-refractivity contribution in [2.45, 2.75) is 25.3 Å². The van der Waals surface area contributed by atoms with Gasteiger partial charge in [0.25, 0.3) is 0 Å². The summed E-state index contributed by atoms with van der Waals surface area (Å²) in [7, 11) is 1.37. The first-order valence-corrected chi connectivity index (χ1v) is 5.74. The highest BCUT2D eigenvalue weighted by molar-refractivity contribution is 7.15. The van der Waals surface area contributed by atoms with Gasteiger partial charge >= 0.3 is 5.97 Å². The SMILES string of the molecule is COC(=O)CCC(N)Cc1ncc(Cl)s1. The van der Waals surface area contributed by atoms with Gasteiger partial charge in [-0.2, -0.15) is 0 Å². The second-order valence-electron chi connectivity index (χ2n) is 3.14. The van der Waals surface area contributed by atoms with Crippen LogP contribution in [0.1, 0.15) is 17.8 Å². The molecule has 0 aliphatic rings. The van der Waals surface area contributed by atoms with Crippen LogP contribution in [0.25, 0.3) is 0 Å². The Balaban J connectivity index is 2.30. The van der Waals surface area contributed by atoms with Crippen LogP contribution in [0.15, 0.2) is 6.20 Å². The van der Waals surface area contributed by atoms with Crippen molar-refractivity contribution in [1.29, 1.82) is 0 Å². The Kier molecular flexibility index (Phi) is 5.01. The van der Waals surface area contributed by atoms with E-state index in [1.54, 1.807) is 6.20 Å². The Morgan fingerprint density at radius 1 is 1.80 bits per heavy atom. The number of rotatable bonds is 5. The molecule has 0 saturated carbocycles. The fourth-order valence-electron chi connectivity index (χ4n) is 1.11. The Bertz CT molecular complexity index is 330. The van der Waals surface area contributed by atoms with E-state index >= 15 is 0 Å². The fraction of sp³-hybridized carbons (Fsp3) is 0.556. The van der Waals surface area contributed by atoms with Crippen LogP contribution >= 0.6 is 22.9 Å². The molecule has 0 aromatic carbocycles. The van der Waals surface area contributed by atoms with Crippen LogP contribution in [0.5, 0.6) is 0 Å². The minimum Gasteiger partial charge on any atom is -0.469 e. The van der Waals surface area contributed by atoms with E-state index in [-0.39, 0.29) is 12.0 Å². The third kappa shape index (κ3) is 4.59. The number of carbonyl (C=O) groups excluding carboxylic acids is 1. The predicted molar refractivity (Wildman–Crippen MR) is 60.1 cm³/mol. The first-order chi connectivity index (χ1) is 7.11. The molecule has 0 saturated heterocycles. The number of thiazole rings is 1. The molecule has 6 heteroatoms. The Morgan fingerprint density at radius 3 is 3.07 bits per heavy atom. The average molecular weight is 249 g/mol. The summed E-state index contributed by atoms with van der Waals surface area (Å²) < 4.78 is 5.18. The van der Waals surface area contributed by atoms with Crippen LogP contribution in [0.3, 0.4) is 0 Å². The highest BCUT2D eigenvalue weighted by Gasteiger charge is 2.10. The maximum atomic E-state index is 10.9. The number of hydrogen-bond donors (Lipinski definition) is 1. The molecule has 0 amide bonds. The number of nitrogens with two attached hydrogens (primary N) is 1. The van der Waals surface area contributed by atoms with Crippen molar-refractivity contribution in [2.75, 3.05) is 7.11 Å². The lowest BCUT2D eigenvalue weighted by atomic mass is 10.1. The van der Waals surface area contributed by atoms with E-state index in [0.29, 0.717) is 23.6 Å². The van der Waals surface area contributed by atoms with Crippen LogP contribution in [0, 0.1) is 0 Å². The van der Waals surface area contributed by atoms with E-state index in [0.717, 1.165) is 5.01 Å². The van der Waals surface area contributed by atoms with Gasteiger partial charge in [0, 0.05) is 18.9 Å². The molecule has 0 aliphatic heterocycles. The zero-order chi connectivity index (χ0) is 11.3. The van der Waals surface area contributed by atoms with Crippen molar-refractivity contribution in [3.63, 3.8) is 0 Å². The van der Waals surface area contributed by atoms with Gasteiger partial charge in [-0.15, -0.1) is 11.3 Å². The normalized spacial score (nSPS) is 12.5. The van der Waals surface area contributed by atoms with Gasteiger partial charge in [0.05, 0.1) is 18.3 Å². The number of nitrogens with zero attached hydrogens (tertiary/aromatic N) is 1. The van der Waals surface area contributed by atoms with Gasteiger partial charge < -0.3 is 10.5 Å². The van der Waals surface area contributed by atoms with E-state index in [1.165, 1.54) is 18.4 Å². The summed E-state index contributed by atoms with van der Waals surface area (Å²) in [5.41, 5.74) is 5.83. The second kappa shape index (κ2) is 6.05. The Labute approximate surface area is 97.4 Å². The number of esters is 1. The summed E-state index contributed by atoms with van der Waals surface area (Å²) in [6, 6.07) is -0.0775. The lowest BCUT2D eigenvalue weighted by molar-refractivity contribution is -0.140. The molecule has 0 spiro atoms. The molecular weight excluding hydrogens is 236 g/mol. The molecule has 2 N–H and O–H groups in total. The van der Waals surface area contributed by atoms with Crippen molar-refractivity contribution >= 4 is 28.9 Å². The summed E-state index contributed by atoms with van der Waals surface area (Å²) in [5.74, 6) is -0.234. The molecule has 0 aliphatic carbocycles. The van der Waals surface area contributed by atoms with Crippen molar-refractivity contribution in [2.24, 2.45) is 5.73 Å². The Hall–Kier alpha value is -0.650. The van der Waals surface area contributed by atoms with E-state index in [9.17, 15) is 4.79 Å². The number of halogens is 1. The lowest BCUT2D eigenvalue weighted by Crippen LogP contribution is -2.23. The molecule has 1 aromatic heterocycles. The molecule has 1 unspecified atom stereocenters. The number of aromatic nitrogens is 1. The average Bonchev–Trinajstić information content (AvgIpc) is 2.60. The lowest BCUT2D eigenvalue weighted by Gasteiger charge is -2.07. The monoisotopic (exact) mass is 248 g/mol. The standard InChI is InChI=1S/C9H13ClN2O2S/c1-14-9(13)3-2-6(11)4-8-12-5-7(10)15-8/h5-6H,2-4,11H2,1H3. The first kappa shape index (κ1) is 12.4. The summed E-state index contributed by atoms with van der Waals surface area (Å²) in [6.07, 6.45) is 3.20. The smallest absolute Gasteiger partial charge is 0.305 e. The zero-order valence-electron chi connectivity index (χ0n) is 8.40. The van der Waals surface area contributed by atoms with Gasteiger partial charge in [-0.05, 0) is 6.42 Å². The minimum absolute atomic E-state index is 0.0775. The van der Waals surface area contributed by atoms with Gasteiger partial charge in [0.1, 0.15) is 4.34 Å². The molecule has 0 radical (unpaired) electrons. The molecule has 1 atom stereocenters. The van der Waals surface area contributed by atoms with Crippen LogP contribution in [-0.2, 0) is 16.0 Å². The van der Waals surface area contributed by atoms with Gasteiger partial charge in [0.15, 0.2) is 0 Å². The molecular formula is C9H13ClN2O2S. The summed E-state index contributed by atoms with van der Waals surface area (Å²) in [5, 5.41) is 0.900.